The first-order valence-electron chi connectivity index (χ1n) is 4.44. The third kappa shape index (κ3) is 2.30. The fraction of sp³-hybridized carbons (Fsp3) is 1.00. The molecule has 0 heterocycles. The molecule has 0 aromatic heterocycles. The highest BCUT2D eigenvalue weighted by Crippen LogP contribution is 2.25. The summed E-state index contributed by atoms with van der Waals surface area (Å²) >= 11 is 0. The second kappa shape index (κ2) is 3.97. The van der Waals surface area contributed by atoms with Crippen LogP contribution in [0.2, 0.25) is 0 Å². The molecule has 0 saturated heterocycles. The fourth-order valence-electron chi connectivity index (χ4n) is 1.77. The lowest BCUT2D eigenvalue weighted by Gasteiger charge is -2.26. The van der Waals surface area contributed by atoms with E-state index >= 15 is 0 Å². The second-order valence-corrected chi connectivity index (χ2v) is 3.35. The Morgan fingerprint density at radius 1 is 1.40 bits per heavy atom. The van der Waals surface area contributed by atoms with E-state index in [9.17, 15) is 0 Å². The van der Waals surface area contributed by atoms with Crippen LogP contribution in [0.25, 0.3) is 0 Å². The van der Waals surface area contributed by atoms with Gasteiger partial charge in [0.1, 0.15) is 0 Å². The van der Waals surface area contributed by atoms with E-state index in [1.165, 1.54) is 25.7 Å². The van der Waals surface area contributed by atoms with Gasteiger partial charge in [-0.3, -0.25) is 0 Å². The van der Waals surface area contributed by atoms with Gasteiger partial charge in [0, 0.05) is 6.61 Å². The van der Waals surface area contributed by atoms with Crippen LogP contribution < -0.4 is 0 Å². The Morgan fingerprint density at radius 3 is 2.80 bits per heavy atom. The van der Waals surface area contributed by atoms with Crippen molar-refractivity contribution in [3.05, 3.63) is 0 Å². The highest BCUT2D eigenvalue weighted by atomic mass is 16.5. The van der Waals surface area contributed by atoms with Gasteiger partial charge in [0.2, 0.25) is 0 Å². The Balaban J connectivity index is 2.18. The lowest BCUT2D eigenvalue weighted by atomic mass is 9.89. The largest absolute Gasteiger partial charge is 0.378 e. The summed E-state index contributed by atoms with van der Waals surface area (Å²) in [5, 5.41) is 0. The van der Waals surface area contributed by atoms with Crippen LogP contribution in [0.3, 0.4) is 0 Å². The van der Waals surface area contributed by atoms with Crippen LogP contribution in [-0.2, 0) is 4.74 Å². The van der Waals surface area contributed by atoms with Crippen molar-refractivity contribution >= 4 is 0 Å². The van der Waals surface area contributed by atoms with E-state index in [4.69, 9.17) is 4.74 Å². The molecule has 0 N–H and O–H groups in total. The first kappa shape index (κ1) is 8.06. The Hall–Kier alpha value is -0.0400. The van der Waals surface area contributed by atoms with Gasteiger partial charge >= 0.3 is 0 Å². The minimum absolute atomic E-state index is 0.578. The minimum atomic E-state index is 0.578. The molecule has 1 rings (SSSR count). The zero-order chi connectivity index (χ0) is 7.40. The summed E-state index contributed by atoms with van der Waals surface area (Å²) in [5.74, 6) is 0.894. The molecule has 0 spiro atoms. The van der Waals surface area contributed by atoms with Gasteiger partial charge in [-0.15, -0.1) is 0 Å². The predicted octanol–water partition coefficient (Wildman–Crippen LogP) is 2.60. The molecule has 10 heavy (non-hydrogen) atoms. The molecule has 0 aliphatic heterocycles. The average molecular weight is 142 g/mol. The van der Waals surface area contributed by atoms with Crippen LogP contribution in [0.5, 0.6) is 0 Å². The summed E-state index contributed by atoms with van der Waals surface area (Å²) in [6.45, 7) is 5.29. The summed E-state index contributed by atoms with van der Waals surface area (Å²) in [5.41, 5.74) is 0. The van der Waals surface area contributed by atoms with Crippen molar-refractivity contribution in [2.45, 2.75) is 45.6 Å². The lowest BCUT2D eigenvalue weighted by molar-refractivity contribution is 0.0232. The minimum Gasteiger partial charge on any atom is -0.378 e. The van der Waals surface area contributed by atoms with Crippen LogP contribution >= 0.6 is 0 Å². The van der Waals surface area contributed by atoms with E-state index in [2.05, 4.69) is 13.8 Å². The normalized spacial score (nSPS) is 34.2. The van der Waals surface area contributed by atoms with Crippen molar-refractivity contribution in [2.75, 3.05) is 6.61 Å². The quantitative estimate of drug-likeness (QED) is 0.576. The highest BCUT2D eigenvalue weighted by Gasteiger charge is 2.18. The van der Waals surface area contributed by atoms with Gasteiger partial charge in [0.25, 0.3) is 0 Å². The van der Waals surface area contributed by atoms with Gasteiger partial charge in [-0.05, 0) is 25.7 Å². The molecular formula is C9H18O. The highest BCUT2D eigenvalue weighted by molar-refractivity contribution is 4.69. The molecule has 0 amide bonds. The number of hydrogen-bond acceptors (Lipinski definition) is 1. The summed E-state index contributed by atoms with van der Waals surface area (Å²) in [6.07, 6.45) is 5.93. The molecule has 1 aliphatic carbocycles. The van der Waals surface area contributed by atoms with Crippen molar-refractivity contribution in [3.63, 3.8) is 0 Å². The molecular weight excluding hydrogens is 124 g/mol. The third-order valence-electron chi connectivity index (χ3n) is 2.29. The van der Waals surface area contributed by atoms with Crippen molar-refractivity contribution in [3.8, 4) is 0 Å². The second-order valence-electron chi connectivity index (χ2n) is 3.35. The van der Waals surface area contributed by atoms with Gasteiger partial charge in [0.05, 0.1) is 6.10 Å². The Bertz CT molecular complexity index is 88.7. The van der Waals surface area contributed by atoms with Crippen LogP contribution in [0, 0.1) is 5.92 Å². The SMILES string of the molecule is CCO[C@H]1CCCC(C)C1. The molecule has 1 heteroatoms. The van der Waals surface area contributed by atoms with Gasteiger partial charge in [-0.2, -0.15) is 0 Å². The van der Waals surface area contributed by atoms with Gasteiger partial charge in [-0.25, -0.2) is 0 Å². The lowest BCUT2D eigenvalue weighted by Crippen LogP contribution is -2.21. The fourth-order valence-corrected chi connectivity index (χ4v) is 1.77. The van der Waals surface area contributed by atoms with E-state index in [1.807, 2.05) is 0 Å². The molecule has 1 saturated carbocycles. The smallest absolute Gasteiger partial charge is 0.0577 e. The van der Waals surface area contributed by atoms with Crippen LogP contribution in [0.15, 0.2) is 0 Å². The maximum Gasteiger partial charge on any atom is 0.0577 e. The molecule has 1 aliphatic rings. The number of rotatable bonds is 2. The topological polar surface area (TPSA) is 9.23 Å². The van der Waals surface area contributed by atoms with E-state index in [0.29, 0.717) is 6.10 Å². The Morgan fingerprint density at radius 2 is 2.20 bits per heavy atom. The van der Waals surface area contributed by atoms with Crippen LogP contribution in [0.4, 0.5) is 0 Å². The summed E-state index contributed by atoms with van der Waals surface area (Å²) in [4.78, 5) is 0. The monoisotopic (exact) mass is 142 g/mol. The Kier molecular flexibility index (Phi) is 3.20. The average Bonchev–Trinajstić information content (AvgIpc) is 1.88. The molecule has 0 aromatic rings. The van der Waals surface area contributed by atoms with Gasteiger partial charge in [0.15, 0.2) is 0 Å². The molecule has 2 atom stereocenters. The molecule has 60 valence electrons. The Labute approximate surface area is 63.8 Å². The van der Waals surface area contributed by atoms with Crippen LogP contribution in [0.1, 0.15) is 39.5 Å². The zero-order valence-electron chi connectivity index (χ0n) is 7.10. The zero-order valence-corrected chi connectivity index (χ0v) is 7.10. The standard InChI is InChI=1S/C9H18O/c1-3-10-9-6-4-5-8(2)7-9/h8-9H,3-7H2,1-2H3/t8?,9-/m0/s1. The summed E-state index contributed by atoms with van der Waals surface area (Å²) in [6, 6.07) is 0. The molecule has 1 fully saturated rings. The third-order valence-corrected chi connectivity index (χ3v) is 2.29. The van der Waals surface area contributed by atoms with Gasteiger partial charge in [-0.1, -0.05) is 19.8 Å². The number of ether oxygens (including phenoxy) is 1. The van der Waals surface area contributed by atoms with E-state index in [0.717, 1.165) is 12.5 Å². The summed E-state index contributed by atoms with van der Waals surface area (Å²) in [7, 11) is 0. The summed E-state index contributed by atoms with van der Waals surface area (Å²) < 4.78 is 5.55. The predicted molar refractivity (Wildman–Crippen MR) is 43.0 cm³/mol. The van der Waals surface area contributed by atoms with E-state index in [-0.39, 0.29) is 0 Å². The molecule has 1 unspecified atom stereocenters. The van der Waals surface area contributed by atoms with E-state index < -0.39 is 0 Å². The maximum absolute atomic E-state index is 5.55. The molecule has 0 bridgehead atoms. The van der Waals surface area contributed by atoms with Crippen molar-refractivity contribution in [2.24, 2.45) is 5.92 Å². The molecule has 1 nitrogen and oxygen atoms in total. The first-order valence-corrected chi connectivity index (χ1v) is 4.44. The first-order chi connectivity index (χ1) is 4.83. The van der Waals surface area contributed by atoms with Crippen molar-refractivity contribution in [1.82, 2.24) is 0 Å². The van der Waals surface area contributed by atoms with Crippen molar-refractivity contribution in [1.29, 1.82) is 0 Å². The molecule has 0 radical (unpaired) electrons. The van der Waals surface area contributed by atoms with Crippen LogP contribution in [-0.4, -0.2) is 12.7 Å². The van der Waals surface area contributed by atoms with E-state index in [1.54, 1.807) is 0 Å². The molecule has 0 aromatic carbocycles. The number of hydrogen-bond donors (Lipinski definition) is 0. The maximum atomic E-state index is 5.55. The van der Waals surface area contributed by atoms with Crippen molar-refractivity contribution < 1.29 is 4.74 Å². The van der Waals surface area contributed by atoms with Gasteiger partial charge < -0.3 is 4.74 Å².